The third-order valence-electron chi connectivity index (χ3n) is 18.8. The Morgan fingerprint density at radius 1 is 0.326 bits per heavy atom. The Morgan fingerprint density at radius 3 is 0.895 bits per heavy atom. The summed E-state index contributed by atoms with van der Waals surface area (Å²) >= 11 is 0. The van der Waals surface area contributed by atoms with Crippen molar-refractivity contribution < 1.29 is 24.5 Å². The summed E-state index contributed by atoms with van der Waals surface area (Å²) in [5.74, 6) is -0.0146. The zero-order chi connectivity index (χ0) is 62.0. The molecule has 1 amide bonds. The van der Waals surface area contributed by atoms with Crippen LogP contribution in [0.25, 0.3) is 0 Å². The Balaban J connectivity index is 3.35. The van der Waals surface area contributed by atoms with E-state index in [1.807, 2.05) is 0 Å². The highest BCUT2D eigenvalue weighted by atomic mass is 16.5. The maximum Gasteiger partial charge on any atom is 0.305 e. The minimum atomic E-state index is -0.664. The maximum absolute atomic E-state index is 12.6. The molecule has 2 unspecified atom stereocenters. The van der Waals surface area contributed by atoms with E-state index in [0.29, 0.717) is 25.9 Å². The van der Waals surface area contributed by atoms with Gasteiger partial charge in [0.05, 0.1) is 25.4 Å². The molecule has 86 heavy (non-hydrogen) atoms. The van der Waals surface area contributed by atoms with E-state index in [4.69, 9.17) is 4.74 Å². The number of rotatable bonds is 75. The number of ether oxygens (including phenoxy) is 1. The molecule has 0 spiro atoms. The SMILES string of the molecule is CCCCCC/C=C\C/C=C\CCCCCCCCCC(=O)OCCCCCCCCCCCCCCCCCCCCCCCCCCCCCC(=O)NC(CO)C(O)CCCCCCCCCCCCCCCCCCCCCCCCCC. The normalized spacial score (nSPS) is 12.6. The van der Waals surface area contributed by atoms with Gasteiger partial charge in [-0.25, -0.2) is 0 Å². The molecule has 0 aromatic heterocycles. The molecule has 0 bridgehead atoms. The van der Waals surface area contributed by atoms with Gasteiger partial charge in [0.15, 0.2) is 0 Å². The summed E-state index contributed by atoms with van der Waals surface area (Å²) in [4.78, 5) is 24.7. The number of allylic oxidation sites excluding steroid dienone is 4. The van der Waals surface area contributed by atoms with E-state index < -0.39 is 12.1 Å². The van der Waals surface area contributed by atoms with Crippen molar-refractivity contribution in [1.29, 1.82) is 0 Å². The molecule has 0 rings (SSSR count). The van der Waals surface area contributed by atoms with E-state index in [2.05, 4.69) is 43.5 Å². The molecule has 0 radical (unpaired) electrons. The zero-order valence-corrected chi connectivity index (χ0v) is 58.6. The van der Waals surface area contributed by atoms with Gasteiger partial charge < -0.3 is 20.3 Å². The van der Waals surface area contributed by atoms with Gasteiger partial charge >= 0.3 is 5.97 Å². The lowest BCUT2D eigenvalue weighted by Gasteiger charge is -2.22. The van der Waals surface area contributed by atoms with Crippen molar-refractivity contribution in [2.45, 2.75) is 463 Å². The van der Waals surface area contributed by atoms with E-state index in [-0.39, 0.29) is 18.5 Å². The van der Waals surface area contributed by atoms with Crippen LogP contribution in [0.15, 0.2) is 24.3 Å². The number of carbonyl (C=O) groups excluding carboxylic acids is 2. The number of aliphatic hydroxyl groups is 2. The van der Waals surface area contributed by atoms with E-state index in [9.17, 15) is 19.8 Å². The average molecular weight is 1210 g/mol. The third-order valence-corrected chi connectivity index (χ3v) is 18.8. The van der Waals surface area contributed by atoms with Crippen LogP contribution in [-0.2, 0) is 14.3 Å². The number of hydrogen-bond donors (Lipinski definition) is 3. The van der Waals surface area contributed by atoms with Crippen LogP contribution in [0, 0.1) is 0 Å². The first-order valence-electron chi connectivity index (χ1n) is 39.6. The lowest BCUT2D eigenvalue weighted by Crippen LogP contribution is -2.45. The highest BCUT2D eigenvalue weighted by Gasteiger charge is 2.20. The molecule has 0 aromatic carbocycles. The quantitative estimate of drug-likeness (QED) is 0.0320. The van der Waals surface area contributed by atoms with Gasteiger partial charge in [0.2, 0.25) is 5.91 Å². The first-order chi connectivity index (χ1) is 42.5. The average Bonchev–Trinajstić information content (AvgIpc) is 3.54. The molecule has 0 aliphatic heterocycles. The summed E-state index contributed by atoms with van der Waals surface area (Å²) in [5, 5.41) is 23.5. The third kappa shape index (κ3) is 71.4. The molecular formula is C80H155NO5. The van der Waals surface area contributed by atoms with Gasteiger partial charge in [-0.3, -0.25) is 9.59 Å². The van der Waals surface area contributed by atoms with Crippen LogP contribution >= 0.6 is 0 Å². The minimum absolute atomic E-state index is 0.0120. The van der Waals surface area contributed by atoms with Gasteiger partial charge in [0.25, 0.3) is 0 Å². The number of amides is 1. The highest BCUT2D eigenvalue weighted by molar-refractivity contribution is 5.76. The fourth-order valence-electron chi connectivity index (χ4n) is 12.7. The number of esters is 1. The Hall–Kier alpha value is -1.66. The highest BCUT2D eigenvalue weighted by Crippen LogP contribution is 2.20. The van der Waals surface area contributed by atoms with Crippen LogP contribution in [-0.4, -0.2) is 47.4 Å². The van der Waals surface area contributed by atoms with Gasteiger partial charge in [-0.1, -0.05) is 404 Å². The van der Waals surface area contributed by atoms with E-state index in [0.717, 1.165) is 51.4 Å². The first kappa shape index (κ1) is 84.3. The second-order valence-electron chi connectivity index (χ2n) is 27.4. The van der Waals surface area contributed by atoms with Gasteiger partial charge in [-0.2, -0.15) is 0 Å². The molecule has 0 saturated carbocycles. The minimum Gasteiger partial charge on any atom is -0.466 e. The number of hydrogen-bond acceptors (Lipinski definition) is 5. The van der Waals surface area contributed by atoms with Crippen LogP contribution in [0.3, 0.4) is 0 Å². The van der Waals surface area contributed by atoms with Gasteiger partial charge in [-0.05, 0) is 57.8 Å². The summed E-state index contributed by atoms with van der Waals surface area (Å²) in [6.45, 7) is 4.99. The van der Waals surface area contributed by atoms with Gasteiger partial charge in [0, 0.05) is 12.8 Å². The Labute approximate surface area is 539 Å². The standard InChI is InChI=1S/C80H155NO5/c1-3-5-7-9-11-13-15-17-19-21-23-24-25-31-34-37-40-44-48-52-56-60-64-68-72-78(83)77(76-82)81-79(84)73-69-65-61-57-53-49-45-41-38-35-32-29-27-26-28-30-33-36-39-43-47-51-55-59-63-67-71-75-86-80(85)74-70-66-62-58-54-50-46-42-22-20-18-16-14-12-10-8-6-4-2/h14,16,20,22,77-78,82-83H,3-13,15,17-19,21,23-76H2,1-2H3,(H,81,84)/b16-14-,22-20-. The van der Waals surface area contributed by atoms with Crippen molar-refractivity contribution in [2.24, 2.45) is 0 Å². The zero-order valence-electron chi connectivity index (χ0n) is 58.6. The summed E-state index contributed by atoms with van der Waals surface area (Å²) in [7, 11) is 0. The molecule has 0 heterocycles. The lowest BCUT2D eigenvalue weighted by atomic mass is 10.0. The van der Waals surface area contributed by atoms with Crippen LogP contribution in [0.4, 0.5) is 0 Å². The summed E-state index contributed by atoms with van der Waals surface area (Å²) in [6, 6.07) is -0.541. The first-order valence-corrected chi connectivity index (χ1v) is 39.6. The van der Waals surface area contributed by atoms with Crippen molar-refractivity contribution in [3.63, 3.8) is 0 Å². The van der Waals surface area contributed by atoms with Crippen molar-refractivity contribution in [3.05, 3.63) is 24.3 Å². The van der Waals surface area contributed by atoms with Crippen molar-refractivity contribution in [3.8, 4) is 0 Å². The predicted octanol–water partition coefficient (Wildman–Crippen LogP) is 26.0. The van der Waals surface area contributed by atoms with Crippen LogP contribution in [0.5, 0.6) is 0 Å². The Bertz CT molecular complexity index is 1350. The van der Waals surface area contributed by atoms with E-state index in [1.165, 1.54) is 366 Å². The van der Waals surface area contributed by atoms with Gasteiger partial charge in [-0.15, -0.1) is 0 Å². The van der Waals surface area contributed by atoms with Crippen LogP contribution in [0.2, 0.25) is 0 Å². The molecule has 0 aliphatic rings. The summed E-state index contributed by atoms with van der Waals surface area (Å²) in [6.07, 6.45) is 96.9. The second kappa shape index (κ2) is 75.8. The molecule has 510 valence electrons. The summed E-state index contributed by atoms with van der Waals surface area (Å²) in [5.41, 5.74) is 0. The molecule has 0 saturated heterocycles. The molecule has 0 aliphatic carbocycles. The molecule has 3 N–H and O–H groups in total. The maximum atomic E-state index is 12.6. The van der Waals surface area contributed by atoms with Crippen molar-refractivity contribution >= 4 is 11.9 Å². The predicted molar refractivity (Wildman–Crippen MR) is 380 cm³/mol. The molecule has 0 fully saturated rings. The number of carbonyl (C=O) groups is 2. The molecular weight excluding hydrogens is 1050 g/mol. The largest absolute Gasteiger partial charge is 0.466 e. The van der Waals surface area contributed by atoms with Gasteiger partial charge in [0.1, 0.15) is 0 Å². The fraction of sp³-hybridized carbons (Fsp3) is 0.925. The monoisotopic (exact) mass is 1210 g/mol. The van der Waals surface area contributed by atoms with Crippen LogP contribution in [0.1, 0.15) is 450 Å². The molecule has 6 nitrogen and oxygen atoms in total. The lowest BCUT2D eigenvalue weighted by molar-refractivity contribution is -0.143. The molecule has 0 aromatic rings. The van der Waals surface area contributed by atoms with E-state index in [1.54, 1.807) is 0 Å². The summed E-state index contributed by atoms with van der Waals surface area (Å²) < 4.78 is 5.51. The number of aliphatic hydroxyl groups excluding tert-OH is 2. The van der Waals surface area contributed by atoms with Crippen molar-refractivity contribution in [1.82, 2.24) is 5.32 Å². The van der Waals surface area contributed by atoms with Crippen LogP contribution < -0.4 is 5.32 Å². The Kier molecular flexibility index (Phi) is 74.3. The van der Waals surface area contributed by atoms with E-state index >= 15 is 0 Å². The topological polar surface area (TPSA) is 95.9 Å². The molecule has 2 atom stereocenters. The smallest absolute Gasteiger partial charge is 0.305 e. The number of unbranched alkanes of at least 4 members (excludes halogenated alkanes) is 60. The van der Waals surface area contributed by atoms with Crippen molar-refractivity contribution in [2.75, 3.05) is 13.2 Å². The fourth-order valence-corrected chi connectivity index (χ4v) is 12.7. The Morgan fingerprint density at radius 2 is 0.581 bits per heavy atom. The molecule has 6 heteroatoms. The second-order valence-corrected chi connectivity index (χ2v) is 27.4. The number of nitrogens with one attached hydrogen (secondary N) is 1.